The minimum Gasteiger partial charge on any atom is -0.268 e. The molecular formula is C14H10N2OS. The largest absolute Gasteiger partial charge is 0.268 e. The Kier molecular flexibility index (Phi) is 2.78. The predicted octanol–water partition coefficient (Wildman–Crippen LogP) is 3.17. The van der Waals surface area contributed by atoms with Gasteiger partial charge >= 0.3 is 0 Å². The zero-order valence-electron chi connectivity index (χ0n) is 9.46. The van der Waals surface area contributed by atoms with Gasteiger partial charge in [0.1, 0.15) is 0 Å². The van der Waals surface area contributed by atoms with Crippen molar-refractivity contribution >= 4 is 11.3 Å². The summed E-state index contributed by atoms with van der Waals surface area (Å²) in [6.45, 7) is 0. The fourth-order valence-corrected chi connectivity index (χ4v) is 2.51. The van der Waals surface area contributed by atoms with Crippen molar-refractivity contribution in [3.63, 3.8) is 0 Å². The van der Waals surface area contributed by atoms with Gasteiger partial charge in [0.25, 0.3) is 5.56 Å². The monoisotopic (exact) mass is 254 g/mol. The minimum absolute atomic E-state index is 0.184. The molecule has 1 aromatic carbocycles. The van der Waals surface area contributed by atoms with Crippen molar-refractivity contribution < 1.29 is 0 Å². The van der Waals surface area contributed by atoms with Gasteiger partial charge in [0.2, 0.25) is 0 Å². The molecule has 18 heavy (non-hydrogen) atoms. The van der Waals surface area contributed by atoms with Crippen LogP contribution in [-0.2, 0) is 0 Å². The second-order valence-corrected chi connectivity index (χ2v) is 4.65. The Balaban J connectivity index is 2.25. The van der Waals surface area contributed by atoms with Crippen LogP contribution in [0.15, 0.2) is 58.0 Å². The van der Waals surface area contributed by atoms with E-state index in [1.54, 1.807) is 17.4 Å². The molecule has 0 saturated heterocycles. The Morgan fingerprint density at radius 2 is 1.89 bits per heavy atom. The van der Waals surface area contributed by atoms with Crippen LogP contribution in [0.3, 0.4) is 0 Å². The summed E-state index contributed by atoms with van der Waals surface area (Å²) in [4.78, 5) is 11.5. The lowest BCUT2D eigenvalue weighted by Crippen LogP contribution is -2.08. The van der Waals surface area contributed by atoms with Crippen molar-refractivity contribution in [3.8, 4) is 22.4 Å². The van der Waals surface area contributed by atoms with Crippen molar-refractivity contribution in [2.75, 3.05) is 0 Å². The van der Waals surface area contributed by atoms with Crippen LogP contribution >= 0.6 is 11.3 Å². The molecule has 2 heterocycles. The van der Waals surface area contributed by atoms with Gasteiger partial charge in [0.05, 0.1) is 5.69 Å². The van der Waals surface area contributed by atoms with Gasteiger partial charge in [-0.15, -0.1) is 0 Å². The molecule has 2 aromatic heterocycles. The van der Waals surface area contributed by atoms with E-state index in [-0.39, 0.29) is 5.56 Å². The van der Waals surface area contributed by atoms with Gasteiger partial charge in [0, 0.05) is 17.2 Å². The normalized spacial score (nSPS) is 10.4. The highest BCUT2D eigenvalue weighted by Gasteiger charge is 2.10. The summed E-state index contributed by atoms with van der Waals surface area (Å²) in [6, 6.07) is 13.4. The third-order valence-corrected chi connectivity index (χ3v) is 3.37. The van der Waals surface area contributed by atoms with Crippen molar-refractivity contribution in [2.24, 2.45) is 0 Å². The fourth-order valence-electron chi connectivity index (χ4n) is 1.86. The topological polar surface area (TPSA) is 45.8 Å². The molecule has 4 heteroatoms. The second-order valence-electron chi connectivity index (χ2n) is 3.87. The van der Waals surface area contributed by atoms with E-state index in [1.165, 1.54) is 0 Å². The Morgan fingerprint density at radius 1 is 1.06 bits per heavy atom. The molecule has 0 radical (unpaired) electrons. The van der Waals surface area contributed by atoms with Crippen LogP contribution in [0.2, 0.25) is 0 Å². The van der Waals surface area contributed by atoms with Crippen LogP contribution in [0.25, 0.3) is 22.4 Å². The highest BCUT2D eigenvalue weighted by atomic mass is 32.1. The summed E-state index contributed by atoms with van der Waals surface area (Å²) in [5.74, 6) is 0. The maximum absolute atomic E-state index is 11.5. The number of thiophene rings is 1. The number of nitrogens with zero attached hydrogens (tertiary/aromatic N) is 1. The molecule has 3 rings (SSSR count). The molecule has 0 aliphatic heterocycles. The van der Waals surface area contributed by atoms with Gasteiger partial charge in [-0.2, -0.15) is 16.4 Å². The zero-order chi connectivity index (χ0) is 12.4. The Bertz CT molecular complexity index is 702. The summed E-state index contributed by atoms with van der Waals surface area (Å²) >= 11 is 1.60. The summed E-state index contributed by atoms with van der Waals surface area (Å²) in [5, 5.41) is 10.7. The Hall–Kier alpha value is -2.20. The molecule has 0 saturated carbocycles. The van der Waals surface area contributed by atoms with E-state index in [4.69, 9.17) is 0 Å². The van der Waals surface area contributed by atoms with E-state index < -0.39 is 0 Å². The number of benzene rings is 1. The molecule has 0 aliphatic carbocycles. The lowest BCUT2D eigenvalue weighted by Gasteiger charge is -2.06. The minimum atomic E-state index is -0.184. The molecule has 0 bridgehead atoms. The number of aromatic amines is 1. The second kappa shape index (κ2) is 4.58. The van der Waals surface area contributed by atoms with Crippen LogP contribution in [0.1, 0.15) is 0 Å². The molecule has 0 unspecified atom stereocenters. The standard InChI is InChI=1S/C14H10N2OS/c17-13-8-12(11-6-7-18-9-11)14(16-15-13)10-4-2-1-3-5-10/h1-9H,(H,15,17). The Morgan fingerprint density at radius 3 is 2.61 bits per heavy atom. The summed E-state index contributed by atoms with van der Waals surface area (Å²) in [6.07, 6.45) is 0. The van der Waals surface area contributed by atoms with Crippen LogP contribution in [-0.4, -0.2) is 10.2 Å². The smallest absolute Gasteiger partial charge is 0.264 e. The number of nitrogens with one attached hydrogen (secondary N) is 1. The first kappa shape index (κ1) is 10.9. The van der Waals surface area contributed by atoms with E-state index in [0.717, 1.165) is 22.4 Å². The quantitative estimate of drug-likeness (QED) is 0.763. The molecule has 0 atom stereocenters. The van der Waals surface area contributed by atoms with Gasteiger partial charge in [-0.25, -0.2) is 5.10 Å². The number of hydrogen-bond acceptors (Lipinski definition) is 3. The first-order valence-electron chi connectivity index (χ1n) is 5.52. The maximum Gasteiger partial charge on any atom is 0.264 e. The Labute approximate surface area is 108 Å². The van der Waals surface area contributed by atoms with Gasteiger partial charge in [0.15, 0.2) is 0 Å². The van der Waals surface area contributed by atoms with Crippen molar-refractivity contribution in [1.82, 2.24) is 10.2 Å². The number of hydrogen-bond donors (Lipinski definition) is 1. The fraction of sp³-hybridized carbons (Fsp3) is 0. The van der Waals surface area contributed by atoms with Gasteiger partial charge in [-0.1, -0.05) is 30.3 Å². The van der Waals surface area contributed by atoms with Crippen molar-refractivity contribution in [3.05, 3.63) is 63.6 Å². The van der Waals surface area contributed by atoms with E-state index >= 15 is 0 Å². The molecular weight excluding hydrogens is 244 g/mol. The molecule has 3 aromatic rings. The summed E-state index contributed by atoms with van der Waals surface area (Å²) in [7, 11) is 0. The van der Waals surface area contributed by atoms with E-state index in [2.05, 4.69) is 10.2 Å². The molecule has 3 nitrogen and oxygen atoms in total. The molecule has 0 fully saturated rings. The van der Waals surface area contributed by atoms with E-state index in [9.17, 15) is 4.79 Å². The zero-order valence-corrected chi connectivity index (χ0v) is 10.3. The van der Waals surface area contributed by atoms with Crippen LogP contribution in [0.4, 0.5) is 0 Å². The van der Waals surface area contributed by atoms with Crippen LogP contribution < -0.4 is 5.56 Å². The predicted molar refractivity (Wildman–Crippen MR) is 73.6 cm³/mol. The number of rotatable bonds is 2. The first-order valence-corrected chi connectivity index (χ1v) is 6.46. The third-order valence-electron chi connectivity index (χ3n) is 2.69. The first-order chi connectivity index (χ1) is 8.84. The van der Waals surface area contributed by atoms with Gasteiger partial charge in [-0.3, -0.25) is 4.79 Å². The average molecular weight is 254 g/mol. The average Bonchev–Trinajstić information content (AvgIpc) is 2.93. The highest BCUT2D eigenvalue weighted by Crippen LogP contribution is 2.29. The maximum atomic E-state index is 11.5. The summed E-state index contributed by atoms with van der Waals surface area (Å²) in [5.41, 5.74) is 3.50. The van der Waals surface area contributed by atoms with Gasteiger partial charge in [-0.05, 0) is 22.4 Å². The lowest BCUT2D eigenvalue weighted by molar-refractivity contribution is 0.998. The van der Waals surface area contributed by atoms with Crippen molar-refractivity contribution in [1.29, 1.82) is 0 Å². The molecule has 1 N–H and O–H groups in total. The van der Waals surface area contributed by atoms with Gasteiger partial charge < -0.3 is 0 Å². The van der Waals surface area contributed by atoms with Crippen LogP contribution in [0.5, 0.6) is 0 Å². The molecule has 0 spiro atoms. The highest BCUT2D eigenvalue weighted by molar-refractivity contribution is 7.08. The lowest BCUT2D eigenvalue weighted by atomic mass is 10.0. The molecule has 0 amide bonds. The summed E-state index contributed by atoms with van der Waals surface area (Å²) < 4.78 is 0. The SMILES string of the molecule is O=c1cc(-c2ccsc2)c(-c2ccccc2)n[nH]1. The molecule has 0 aliphatic rings. The van der Waals surface area contributed by atoms with E-state index in [0.29, 0.717) is 0 Å². The third kappa shape index (κ3) is 1.98. The number of H-pyrrole nitrogens is 1. The molecule has 88 valence electrons. The van der Waals surface area contributed by atoms with E-state index in [1.807, 2.05) is 47.2 Å². The number of aromatic nitrogens is 2. The van der Waals surface area contributed by atoms with Crippen LogP contribution in [0, 0.1) is 0 Å². The van der Waals surface area contributed by atoms with Crippen molar-refractivity contribution in [2.45, 2.75) is 0 Å².